The van der Waals surface area contributed by atoms with Crippen LogP contribution in [0.4, 0.5) is 0 Å². The maximum Gasteiger partial charge on any atom is 0.356 e. The molecule has 0 aliphatic heterocycles. The first-order chi connectivity index (χ1) is 6.63. The van der Waals surface area contributed by atoms with Crippen LogP contribution in [0, 0.1) is 0 Å². The van der Waals surface area contributed by atoms with Gasteiger partial charge in [-0.05, 0) is 6.42 Å². The fraction of sp³-hybridized carbons (Fsp3) is 0.625. The number of unbranched alkanes of at least 4 members (excludes halogenated alkanes) is 1. The largest absolute Gasteiger partial charge is 0.478 e. The summed E-state index contributed by atoms with van der Waals surface area (Å²) >= 11 is 0. The van der Waals surface area contributed by atoms with Crippen molar-refractivity contribution in [3.63, 3.8) is 0 Å². The van der Waals surface area contributed by atoms with Crippen LogP contribution >= 0.6 is 0 Å². The highest BCUT2D eigenvalue weighted by Gasteiger charge is 2.38. The van der Waals surface area contributed by atoms with Crippen molar-refractivity contribution in [2.24, 2.45) is 9.98 Å². The number of carboxylic acids is 1. The number of carbonyl (C=O) groups excluding carboxylic acids is 2. The van der Waals surface area contributed by atoms with Crippen LogP contribution < -0.4 is 0 Å². The van der Waals surface area contributed by atoms with E-state index in [1.54, 1.807) is 0 Å². The van der Waals surface area contributed by atoms with Crippen LogP contribution in [0.2, 0.25) is 0 Å². The van der Waals surface area contributed by atoms with Crippen LogP contribution in [0.25, 0.3) is 0 Å². The molecule has 0 saturated carbocycles. The second kappa shape index (κ2) is 5.80. The second-order valence-electron chi connectivity index (χ2n) is 2.63. The Bertz CT molecular complexity index is 277. The number of aliphatic imine (C=N–C) groups is 2. The van der Waals surface area contributed by atoms with Crippen LogP contribution in [-0.2, 0) is 14.4 Å². The standard InChI is InChI=1S/C8H10N2O4/c1-2-3-4-8(7(13)14,9-5-11)10-6-12/h2-4H2,1H3,(H,13,14). The van der Waals surface area contributed by atoms with Crippen LogP contribution in [0.3, 0.4) is 0 Å². The number of isocyanates is 2. The average Bonchev–Trinajstić information content (AvgIpc) is 2.14. The third kappa shape index (κ3) is 2.94. The molecule has 0 unspecified atom stereocenters. The van der Waals surface area contributed by atoms with E-state index < -0.39 is 11.6 Å². The van der Waals surface area contributed by atoms with E-state index in [4.69, 9.17) is 5.11 Å². The molecule has 0 aliphatic carbocycles. The molecule has 76 valence electrons. The third-order valence-corrected chi connectivity index (χ3v) is 1.68. The van der Waals surface area contributed by atoms with E-state index in [1.165, 1.54) is 0 Å². The highest BCUT2D eigenvalue weighted by molar-refractivity contribution is 5.80. The lowest BCUT2D eigenvalue weighted by atomic mass is 10.0. The molecule has 0 radical (unpaired) electrons. The SMILES string of the molecule is CCCCC(N=C=O)(N=C=O)C(=O)O. The van der Waals surface area contributed by atoms with Crippen molar-refractivity contribution in [2.75, 3.05) is 0 Å². The van der Waals surface area contributed by atoms with E-state index >= 15 is 0 Å². The first kappa shape index (κ1) is 12.2. The summed E-state index contributed by atoms with van der Waals surface area (Å²) in [5, 5.41) is 8.77. The molecule has 0 fully saturated rings. The van der Waals surface area contributed by atoms with Crippen molar-refractivity contribution < 1.29 is 19.5 Å². The number of carbonyl (C=O) groups is 1. The number of hydrogen-bond acceptors (Lipinski definition) is 5. The van der Waals surface area contributed by atoms with Gasteiger partial charge in [0, 0.05) is 6.42 Å². The predicted molar refractivity (Wildman–Crippen MR) is 46.1 cm³/mol. The predicted octanol–water partition coefficient (Wildman–Crippen LogP) is 0.629. The van der Waals surface area contributed by atoms with Gasteiger partial charge >= 0.3 is 5.97 Å². The summed E-state index contributed by atoms with van der Waals surface area (Å²) in [6, 6.07) is 0. The Morgan fingerprint density at radius 2 is 1.86 bits per heavy atom. The number of hydrogen-bond donors (Lipinski definition) is 1. The molecule has 6 heteroatoms. The van der Waals surface area contributed by atoms with E-state index in [9.17, 15) is 14.4 Å². The molecule has 0 atom stereocenters. The fourth-order valence-electron chi connectivity index (χ4n) is 0.914. The molecule has 0 rings (SSSR count). The van der Waals surface area contributed by atoms with Crippen molar-refractivity contribution in [1.82, 2.24) is 0 Å². The maximum absolute atomic E-state index is 10.8. The Hall–Kier alpha value is -1.77. The third-order valence-electron chi connectivity index (χ3n) is 1.68. The van der Waals surface area contributed by atoms with Crippen molar-refractivity contribution in [3.8, 4) is 0 Å². The van der Waals surface area contributed by atoms with E-state index in [1.807, 2.05) is 6.92 Å². The van der Waals surface area contributed by atoms with Gasteiger partial charge in [-0.1, -0.05) is 13.3 Å². The molecule has 0 aliphatic rings. The minimum absolute atomic E-state index is 0.0106. The summed E-state index contributed by atoms with van der Waals surface area (Å²) in [5.74, 6) is -1.45. The summed E-state index contributed by atoms with van der Waals surface area (Å²) in [6.45, 7) is 1.84. The molecule has 0 aromatic carbocycles. The van der Waals surface area contributed by atoms with E-state index in [2.05, 4.69) is 9.98 Å². The van der Waals surface area contributed by atoms with Gasteiger partial charge in [-0.25, -0.2) is 14.4 Å². The maximum atomic E-state index is 10.8. The van der Waals surface area contributed by atoms with Crippen molar-refractivity contribution in [3.05, 3.63) is 0 Å². The zero-order valence-electron chi connectivity index (χ0n) is 7.69. The average molecular weight is 198 g/mol. The first-order valence-electron chi connectivity index (χ1n) is 4.04. The molecular weight excluding hydrogens is 188 g/mol. The van der Waals surface area contributed by atoms with Gasteiger partial charge in [0.2, 0.25) is 12.2 Å². The lowest BCUT2D eigenvalue weighted by Crippen LogP contribution is -2.34. The lowest BCUT2D eigenvalue weighted by Gasteiger charge is -2.15. The summed E-state index contributed by atoms with van der Waals surface area (Å²) in [7, 11) is 0. The van der Waals surface area contributed by atoms with Crippen LogP contribution in [0.5, 0.6) is 0 Å². The molecule has 0 aromatic rings. The topological polar surface area (TPSA) is 96.2 Å². The fourth-order valence-corrected chi connectivity index (χ4v) is 0.914. The van der Waals surface area contributed by atoms with Gasteiger partial charge < -0.3 is 5.11 Å². The van der Waals surface area contributed by atoms with Crippen LogP contribution in [-0.4, -0.2) is 28.9 Å². The molecule has 0 saturated heterocycles. The van der Waals surface area contributed by atoms with Gasteiger partial charge in [0.1, 0.15) is 0 Å². The van der Waals surface area contributed by atoms with Crippen molar-refractivity contribution >= 4 is 18.1 Å². The molecule has 6 nitrogen and oxygen atoms in total. The normalized spacial score (nSPS) is 13.2. The Balaban J connectivity index is 5.03. The van der Waals surface area contributed by atoms with E-state index in [-0.39, 0.29) is 6.42 Å². The lowest BCUT2D eigenvalue weighted by molar-refractivity contribution is -0.143. The van der Waals surface area contributed by atoms with Crippen LogP contribution in [0.1, 0.15) is 26.2 Å². The zero-order chi connectivity index (χ0) is 11.0. The summed E-state index contributed by atoms with van der Waals surface area (Å²) in [5.41, 5.74) is -2.03. The quantitative estimate of drug-likeness (QED) is 0.500. The number of aliphatic carboxylic acids is 1. The van der Waals surface area contributed by atoms with Gasteiger partial charge in [0.15, 0.2) is 0 Å². The van der Waals surface area contributed by atoms with Gasteiger partial charge in [0.25, 0.3) is 5.66 Å². The molecule has 0 aromatic heterocycles. The van der Waals surface area contributed by atoms with Crippen LogP contribution in [0.15, 0.2) is 9.98 Å². The second-order valence-corrected chi connectivity index (χ2v) is 2.63. The van der Waals surface area contributed by atoms with Crippen molar-refractivity contribution in [1.29, 1.82) is 0 Å². The van der Waals surface area contributed by atoms with Crippen molar-refractivity contribution in [2.45, 2.75) is 31.8 Å². The zero-order valence-corrected chi connectivity index (χ0v) is 7.69. The van der Waals surface area contributed by atoms with E-state index in [0.717, 1.165) is 12.2 Å². The van der Waals surface area contributed by atoms with Gasteiger partial charge in [-0.15, -0.1) is 0 Å². The molecule has 0 heterocycles. The highest BCUT2D eigenvalue weighted by Crippen LogP contribution is 2.20. The Kier molecular flexibility index (Phi) is 5.07. The first-order valence-corrected chi connectivity index (χ1v) is 4.04. The minimum atomic E-state index is -2.03. The van der Waals surface area contributed by atoms with E-state index in [0.29, 0.717) is 12.8 Å². The van der Waals surface area contributed by atoms with Gasteiger partial charge in [-0.3, -0.25) is 0 Å². The minimum Gasteiger partial charge on any atom is -0.478 e. The molecule has 1 N–H and O–H groups in total. The molecule has 0 bridgehead atoms. The summed E-state index contributed by atoms with van der Waals surface area (Å²) in [6.07, 6.45) is 3.39. The summed E-state index contributed by atoms with van der Waals surface area (Å²) in [4.78, 5) is 36.9. The molecular formula is C8H10N2O4. The monoisotopic (exact) mass is 198 g/mol. The molecule has 0 spiro atoms. The number of nitrogens with zero attached hydrogens (tertiary/aromatic N) is 2. The Labute approximate surface area is 80.4 Å². The molecule has 0 amide bonds. The highest BCUT2D eigenvalue weighted by atomic mass is 16.4. The summed E-state index contributed by atoms with van der Waals surface area (Å²) < 4.78 is 0. The van der Waals surface area contributed by atoms with Gasteiger partial charge in [-0.2, -0.15) is 9.98 Å². The Morgan fingerprint density at radius 3 is 2.14 bits per heavy atom. The number of rotatable bonds is 6. The Morgan fingerprint density at radius 1 is 1.36 bits per heavy atom. The smallest absolute Gasteiger partial charge is 0.356 e. The van der Waals surface area contributed by atoms with Gasteiger partial charge in [0.05, 0.1) is 0 Å². The number of carboxylic acid groups (broad SMARTS) is 1. The molecule has 14 heavy (non-hydrogen) atoms.